The van der Waals surface area contributed by atoms with Crippen LogP contribution in [0, 0.1) is 18.7 Å². The van der Waals surface area contributed by atoms with Crippen molar-refractivity contribution >= 4 is 11.6 Å². The smallest absolute Gasteiger partial charge is 0.243 e. The van der Waals surface area contributed by atoms with E-state index in [0.717, 1.165) is 17.8 Å². The van der Waals surface area contributed by atoms with E-state index >= 15 is 0 Å². The van der Waals surface area contributed by atoms with Crippen molar-refractivity contribution in [3.63, 3.8) is 0 Å². The molecule has 1 amide bonds. The summed E-state index contributed by atoms with van der Waals surface area (Å²) in [4.78, 5) is 15.7. The van der Waals surface area contributed by atoms with Crippen molar-refractivity contribution in [3.05, 3.63) is 29.1 Å². The molecule has 1 aliphatic carbocycles. The number of halogens is 1. The molecule has 5 rings (SSSR count). The zero-order valence-electron chi connectivity index (χ0n) is 16.8. The number of piperidine rings is 1. The maximum atomic E-state index is 14.2. The van der Waals surface area contributed by atoms with Gasteiger partial charge in [-0.15, -0.1) is 0 Å². The molecular formula is C22H31FN4O. The molecular weight excluding hydrogens is 355 g/mol. The summed E-state index contributed by atoms with van der Waals surface area (Å²) in [6.45, 7) is 5.41. The summed E-state index contributed by atoms with van der Waals surface area (Å²) >= 11 is 0. The van der Waals surface area contributed by atoms with E-state index in [4.69, 9.17) is 0 Å². The van der Waals surface area contributed by atoms with Crippen LogP contribution in [0.4, 0.5) is 10.1 Å². The van der Waals surface area contributed by atoms with Gasteiger partial charge in [0.2, 0.25) is 5.91 Å². The summed E-state index contributed by atoms with van der Waals surface area (Å²) < 4.78 is 14.2. The lowest BCUT2D eigenvalue weighted by atomic mass is 9.97. The SMILES string of the molecule is Cc1ccc(F)c2c1NC(C(=O)NC(C1CC1)C1NC3CCCCN3C1C)C2. The summed E-state index contributed by atoms with van der Waals surface area (Å²) in [5.41, 5.74) is 2.44. The number of nitrogens with zero attached hydrogens (tertiary/aromatic N) is 1. The van der Waals surface area contributed by atoms with Gasteiger partial charge in [0.25, 0.3) is 0 Å². The molecule has 0 spiro atoms. The highest BCUT2D eigenvalue weighted by Gasteiger charge is 2.48. The Morgan fingerprint density at radius 2 is 2.11 bits per heavy atom. The molecule has 1 aromatic rings. The fourth-order valence-corrected chi connectivity index (χ4v) is 5.54. The lowest BCUT2D eigenvalue weighted by molar-refractivity contribution is -0.122. The number of benzene rings is 1. The average Bonchev–Trinajstić information content (AvgIpc) is 3.34. The quantitative estimate of drug-likeness (QED) is 0.744. The number of nitrogens with one attached hydrogen (secondary N) is 3. The standard InChI is InChI=1S/C22H31FN4O/c1-12-6-9-16(23)15-11-17(24-19(12)15)22(28)26-21(14-7-8-14)20-13(2)27-10-4-3-5-18(27)25-20/h6,9,13-14,17-18,20-21,24-25H,3-5,7-8,10-11H2,1-2H3,(H,26,28). The Morgan fingerprint density at radius 3 is 2.82 bits per heavy atom. The first-order chi connectivity index (χ1) is 13.5. The number of hydrogen-bond acceptors (Lipinski definition) is 4. The number of aryl methyl sites for hydroxylation is 1. The van der Waals surface area contributed by atoms with Crippen LogP contribution >= 0.6 is 0 Å². The fraction of sp³-hybridized carbons (Fsp3) is 0.682. The van der Waals surface area contributed by atoms with E-state index in [2.05, 4.69) is 27.8 Å². The summed E-state index contributed by atoms with van der Waals surface area (Å²) in [5.74, 6) is 0.350. The van der Waals surface area contributed by atoms with Crippen molar-refractivity contribution in [2.45, 2.75) is 82.7 Å². The summed E-state index contributed by atoms with van der Waals surface area (Å²) in [5, 5.41) is 10.5. The van der Waals surface area contributed by atoms with E-state index in [1.165, 1.54) is 38.2 Å². The fourth-order valence-electron chi connectivity index (χ4n) is 5.54. The molecule has 3 heterocycles. The van der Waals surface area contributed by atoms with Gasteiger partial charge in [0.05, 0.1) is 6.17 Å². The number of carbonyl (C=O) groups excluding carboxylic acids is 1. The molecule has 1 saturated carbocycles. The van der Waals surface area contributed by atoms with Crippen molar-refractivity contribution in [2.24, 2.45) is 5.92 Å². The summed E-state index contributed by atoms with van der Waals surface area (Å²) in [7, 11) is 0. The van der Waals surface area contributed by atoms with Gasteiger partial charge in [0, 0.05) is 35.8 Å². The zero-order chi connectivity index (χ0) is 19.4. The van der Waals surface area contributed by atoms with Gasteiger partial charge < -0.3 is 10.6 Å². The van der Waals surface area contributed by atoms with Crippen LogP contribution in [0.1, 0.15) is 50.2 Å². The highest BCUT2D eigenvalue weighted by Crippen LogP contribution is 2.38. The van der Waals surface area contributed by atoms with E-state index in [1.807, 2.05) is 6.92 Å². The van der Waals surface area contributed by atoms with Crippen LogP contribution in [0.5, 0.6) is 0 Å². The minimum Gasteiger partial charge on any atom is -0.373 e. The van der Waals surface area contributed by atoms with Gasteiger partial charge in [-0.2, -0.15) is 0 Å². The van der Waals surface area contributed by atoms with Crippen LogP contribution in [0.25, 0.3) is 0 Å². The largest absolute Gasteiger partial charge is 0.373 e. The van der Waals surface area contributed by atoms with Gasteiger partial charge >= 0.3 is 0 Å². The number of amides is 1. The molecule has 0 aromatic heterocycles. The molecule has 0 radical (unpaired) electrons. The highest BCUT2D eigenvalue weighted by molar-refractivity contribution is 5.88. The molecule has 6 heteroatoms. The molecule has 3 fully saturated rings. The maximum Gasteiger partial charge on any atom is 0.243 e. The first-order valence-electron chi connectivity index (χ1n) is 10.9. The zero-order valence-corrected chi connectivity index (χ0v) is 16.8. The third-order valence-electron chi connectivity index (χ3n) is 7.30. The van der Waals surface area contributed by atoms with E-state index < -0.39 is 0 Å². The predicted molar refractivity (Wildman–Crippen MR) is 108 cm³/mol. The van der Waals surface area contributed by atoms with Crippen molar-refractivity contribution in [1.29, 1.82) is 0 Å². The predicted octanol–water partition coefficient (Wildman–Crippen LogP) is 2.54. The average molecular weight is 387 g/mol. The Bertz CT molecular complexity index is 749. The Labute approximate surface area is 166 Å². The van der Waals surface area contributed by atoms with Crippen LogP contribution in [0.3, 0.4) is 0 Å². The van der Waals surface area contributed by atoms with Gasteiger partial charge in [0.15, 0.2) is 0 Å². The molecule has 5 unspecified atom stereocenters. The minimum absolute atomic E-state index is 0.00534. The van der Waals surface area contributed by atoms with Crippen LogP contribution in [0.2, 0.25) is 0 Å². The number of carbonyl (C=O) groups is 1. The number of anilines is 1. The van der Waals surface area contributed by atoms with Crippen LogP contribution < -0.4 is 16.0 Å². The van der Waals surface area contributed by atoms with E-state index in [0.29, 0.717) is 36.2 Å². The first-order valence-corrected chi connectivity index (χ1v) is 10.9. The van der Waals surface area contributed by atoms with E-state index in [9.17, 15) is 9.18 Å². The summed E-state index contributed by atoms with van der Waals surface area (Å²) in [6.07, 6.45) is 7.00. The van der Waals surface area contributed by atoms with E-state index in [1.54, 1.807) is 6.07 Å². The third-order valence-corrected chi connectivity index (χ3v) is 7.30. The second-order valence-corrected chi connectivity index (χ2v) is 9.17. The second kappa shape index (κ2) is 6.99. The Morgan fingerprint density at radius 1 is 1.29 bits per heavy atom. The lowest BCUT2D eigenvalue weighted by Crippen LogP contribution is -2.56. The van der Waals surface area contributed by atoms with Crippen LogP contribution in [-0.2, 0) is 11.2 Å². The number of fused-ring (bicyclic) bond motifs is 2. The first kappa shape index (κ1) is 18.4. The molecule has 152 valence electrons. The van der Waals surface area contributed by atoms with Crippen LogP contribution in [-0.4, -0.2) is 47.7 Å². The topological polar surface area (TPSA) is 56.4 Å². The Balaban J connectivity index is 1.30. The van der Waals surface area contributed by atoms with E-state index in [-0.39, 0.29) is 23.8 Å². The highest BCUT2D eigenvalue weighted by atomic mass is 19.1. The molecule has 2 saturated heterocycles. The van der Waals surface area contributed by atoms with Crippen molar-refractivity contribution < 1.29 is 9.18 Å². The molecule has 28 heavy (non-hydrogen) atoms. The molecule has 5 atom stereocenters. The maximum absolute atomic E-state index is 14.2. The normalized spacial score (nSPS) is 33.1. The van der Waals surface area contributed by atoms with Gasteiger partial charge in [-0.05, 0) is 70.0 Å². The molecule has 4 aliphatic rings. The van der Waals surface area contributed by atoms with Gasteiger partial charge in [-0.25, -0.2) is 4.39 Å². The molecule has 1 aromatic carbocycles. The van der Waals surface area contributed by atoms with Crippen molar-refractivity contribution in [3.8, 4) is 0 Å². The van der Waals surface area contributed by atoms with Gasteiger partial charge in [-0.1, -0.05) is 6.07 Å². The molecule has 0 bridgehead atoms. The number of rotatable bonds is 4. The molecule has 3 N–H and O–H groups in total. The molecule has 5 nitrogen and oxygen atoms in total. The van der Waals surface area contributed by atoms with Gasteiger partial charge in [0.1, 0.15) is 11.9 Å². The van der Waals surface area contributed by atoms with Crippen molar-refractivity contribution in [1.82, 2.24) is 15.5 Å². The monoisotopic (exact) mass is 386 g/mol. The number of hydrogen-bond donors (Lipinski definition) is 3. The Kier molecular flexibility index (Phi) is 4.59. The second-order valence-electron chi connectivity index (χ2n) is 9.17. The lowest BCUT2D eigenvalue weighted by Gasteiger charge is -2.33. The Hall–Kier alpha value is -1.66. The third kappa shape index (κ3) is 3.11. The minimum atomic E-state index is -0.383. The van der Waals surface area contributed by atoms with Crippen LogP contribution in [0.15, 0.2) is 12.1 Å². The van der Waals surface area contributed by atoms with Gasteiger partial charge in [-0.3, -0.25) is 15.0 Å². The van der Waals surface area contributed by atoms with Crippen molar-refractivity contribution in [2.75, 3.05) is 11.9 Å². The molecule has 3 aliphatic heterocycles. The summed E-state index contributed by atoms with van der Waals surface area (Å²) in [6, 6.07) is 3.78.